The van der Waals surface area contributed by atoms with Gasteiger partial charge in [-0.2, -0.15) is 0 Å². The molecule has 0 radical (unpaired) electrons. The number of ether oxygens (including phenoxy) is 1. The number of likely N-dealkylation sites (N-methyl/N-ethyl adjacent to an activating group) is 2. The van der Waals surface area contributed by atoms with Gasteiger partial charge in [0.05, 0.1) is 11.7 Å². The normalized spacial score (nSPS) is 14.3. The minimum Gasteiger partial charge on any atom is -0.481 e. The fourth-order valence-electron chi connectivity index (χ4n) is 3.11. The fraction of sp³-hybridized carbons (Fsp3) is 0.333. The molecule has 7 nitrogen and oxygen atoms in total. The third-order valence-corrected chi connectivity index (χ3v) is 4.85. The summed E-state index contributed by atoms with van der Waals surface area (Å²) in [6.45, 7) is 2.52. The molecule has 2 N–H and O–H groups in total. The maximum Gasteiger partial charge on any atom is 0.319 e. The zero-order chi connectivity index (χ0) is 20.3. The van der Waals surface area contributed by atoms with Crippen LogP contribution in [0, 0.1) is 6.92 Å². The molecule has 1 aliphatic heterocycles. The van der Waals surface area contributed by atoms with Crippen LogP contribution < -0.4 is 20.3 Å². The van der Waals surface area contributed by atoms with E-state index in [0.29, 0.717) is 23.7 Å². The highest BCUT2D eigenvalue weighted by Crippen LogP contribution is 2.33. The van der Waals surface area contributed by atoms with Crippen LogP contribution in [0.15, 0.2) is 42.5 Å². The molecular weight excluding hydrogens is 356 g/mol. The summed E-state index contributed by atoms with van der Waals surface area (Å²) in [5, 5.41) is 5.75. The van der Waals surface area contributed by atoms with Crippen LogP contribution in [-0.4, -0.2) is 51.1 Å². The predicted octanol–water partition coefficient (Wildman–Crippen LogP) is 2.77. The first kappa shape index (κ1) is 19.7. The number of aryl methyl sites for hydroxylation is 1. The van der Waals surface area contributed by atoms with Crippen molar-refractivity contribution in [3.05, 3.63) is 53.6 Å². The molecule has 1 aliphatic rings. The molecular formula is C21H26N4O3. The maximum absolute atomic E-state index is 12.4. The summed E-state index contributed by atoms with van der Waals surface area (Å²) in [4.78, 5) is 27.7. The molecule has 1 heterocycles. The van der Waals surface area contributed by atoms with Crippen molar-refractivity contribution in [1.82, 2.24) is 10.2 Å². The first-order chi connectivity index (χ1) is 13.3. The summed E-state index contributed by atoms with van der Waals surface area (Å²) in [5.41, 5.74) is 3.64. The average molecular weight is 382 g/mol. The highest BCUT2D eigenvalue weighted by atomic mass is 16.5. The fourth-order valence-corrected chi connectivity index (χ4v) is 3.11. The van der Waals surface area contributed by atoms with Gasteiger partial charge in [0.25, 0.3) is 5.91 Å². The van der Waals surface area contributed by atoms with E-state index in [1.165, 1.54) is 5.56 Å². The summed E-state index contributed by atoms with van der Waals surface area (Å²) in [6.07, 6.45) is 0. The minimum absolute atomic E-state index is 0.000213. The standard InChI is InChI=1S/C21H26N4O3/c1-14-5-7-15(8-6-14)18(24(2)3)12-22-21(27)23-16-9-10-17-19(11-16)28-13-20(26)25(17)4/h5-11,18H,12-13H2,1-4H3,(H2,22,23,27)/t18-/m0/s1. The molecule has 148 valence electrons. The Morgan fingerprint density at radius 1 is 1.21 bits per heavy atom. The van der Waals surface area contributed by atoms with Gasteiger partial charge in [-0.3, -0.25) is 4.79 Å². The maximum atomic E-state index is 12.4. The molecule has 1 atom stereocenters. The summed E-state index contributed by atoms with van der Waals surface area (Å²) in [7, 11) is 5.68. The van der Waals surface area contributed by atoms with E-state index < -0.39 is 0 Å². The predicted molar refractivity (Wildman–Crippen MR) is 110 cm³/mol. The van der Waals surface area contributed by atoms with Gasteiger partial charge in [-0.05, 0) is 38.7 Å². The Morgan fingerprint density at radius 2 is 1.93 bits per heavy atom. The second-order valence-corrected chi connectivity index (χ2v) is 7.15. The van der Waals surface area contributed by atoms with Crippen molar-refractivity contribution in [1.29, 1.82) is 0 Å². The number of rotatable bonds is 5. The van der Waals surface area contributed by atoms with Crippen LogP contribution in [0.3, 0.4) is 0 Å². The zero-order valence-electron chi connectivity index (χ0n) is 16.7. The van der Waals surface area contributed by atoms with Crippen LogP contribution in [0.4, 0.5) is 16.2 Å². The lowest BCUT2D eigenvalue weighted by Crippen LogP contribution is -2.37. The van der Waals surface area contributed by atoms with Crippen molar-refractivity contribution in [2.45, 2.75) is 13.0 Å². The molecule has 0 spiro atoms. The third kappa shape index (κ3) is 4.43. The van der Waals surface area contributed by atoms with E-state index in [0.717, 1.165) is 5.56 Å². The number of nitrogens with one attached hydrogen (secondary N) is 2. The van der Waals surface area contributed by atoms with Crippen molar-refractivity contribution >= 4 is 23.3 Å². The van der Waals surface area contributed by atoms with Crippen LogP contribution in [0.2, 0.25) is 0 Å². The summed E-state index contributed by atoms with van der Waals surface area (Å²) in [6, 6.07) is 13.3. The van der Waals surface area contributed by atoms with Gasteiger partial charge in [-0.25, -0.2) is 4.79 Å². The number of hydrogen-bond donors (Lipinski definition) is 2. The molecule has 0 unspecified atom stereocenters. The molecule has 3 amide bonds. The van der Waals surface area contributed by atoms with Crippen molar-refractivity contribution in [3.63, 3.8) is 0 Å². The van der Waals surface area contributed by atoms with Gasteiger partial charge in [-0.1, -0.05) is 29.8 Å². The van der Waals surface area contributed by atoms with Crippen molar-refractivity contribution in [2.75, 3.05) is 44.5 Å². The highest BCUT2D eigenvalue weighted by molar-refractivity contribution is 5.98. The monoisotopic (exact) mass is 382 g/mol. The van der Waals surface area contributed by atoms with Crippen molar-refractivity contribution < 1.29 is 14.3 Å². The second-order valence-electron chi connectivity index (χ2n) is 7.15. The molecule has 3 rings (SSSR count). The van der Waals surface area contributed by atoms with Crippen LogP contribution in [0.25, 0.3) is 0 Å². The van der Waals surface area contributed by atoms with Gasteiger partial charge in [-0.15, -0.1) is 0 Å². The molecule has 0 aliphatic carbocycles. The number of carbonyl (C=O) groups is 2. The Bertz CT molecular complexity index is 864. The Balaban J connectivity index is 1.62. The number of carbonyl (C=O) groups excluding carboxylic acids is 2. The molecule has 0 saturated carbocycles. The lowest BCUT2D eigenvalue weighted by Gasteiger charge is -2.26. The van der Waals surface area contributed by atoms with E-state index in [-0.39, 0.29) is 24.6 Å². The zero-order valence-corrected chi connectivity index (χ0v) is 16.7. The van der Waals surface area contributed by atoms with Gasteiger partial charge < -0.3 is 25.2 Å². The van der Waals surface area contributed by atoms with Crippen LogP contribution in [0.1, 0.15) is 17.2 Å². The van der Waals surface area contributed by atoms with E-state index in [1.54, 1.807) is 30.1 Å². The van der Waals surface area contributed by atoms with Gasteiger partial charge in [0, 0.05) is 25.3 Å². The molecule has 0 saturated heterocycles. The van der Waals surface area contributed by atoms with Gasteiger partial charge in [0.2, 0.25) is 0 Å². The minimum atomic E-state index is -0.292. The molecule has 2 aromatic rings. The van der Waals surface area contributed by atoms with Crippen LogP contribution in [-0.2, 0) is 4.79 Å². The van der Waals surface area contributed by atoms with E-state index in [9.17, 15) is 9.59 Å². The summed E-state index contributed by atoms with van der Waals surface area (Å²) in [5.74, 6) is 0.475. The van der Waals surface area contributed by atoms with Crippen LogP contribution >= 0.6 is 0 Å². The molecule has 0 bridgehead atoms. The number of anilines is 2. The number of nitrogens with zero attached hydrogens (tertiary/aromatic N) is 2. The number of amides is 3. The topological polar surface area (TPSA) is 73.9 Å². The van der Waals surface area contributed by atoms with Gasteiger partial charge >= 0.3 is 6.03 Å². The number of benzene rings is 2. The van der Waals surface area contributed by atoms with Crippen LogP contribution in [0.5, 0.6) is 5.75 Å². The first-order valence-electron chi connectivity index (χ1n) is 9.16. The second kappa shape index (κ2) is 8.31. The number of hydrogen-bond acceptors (Lipinski definition) is 4. The van der Waals surface area contributed by atoms with Crippen molar-refractivity contribution in [3.8, 4) is 5.75 Å². The Labute approximate surface area is 165 Å². The van der Waals surface area contributed by atoms with E-state index in [1.807, 2.05) is 14.1 Å². The highest BCUT2D eigenvalue weighted by Gasteiger charge is 2.22. The SMILES string of the molecule is Cc1ccc([C@H](CNC(=O)Nc2ccc3c(c2)OCC(=O)N3C)N(C)C)cc1. The quantitative estimate of drug-likeness (QED) is 0.834. The molecule has 2 aromatic carbocycles. The average Bonchev–Trinajstić information content (AvgIpc) is 2.66. The molecule has 28 heavy (non-hydrogen) atoms. The molecule has 0 aromatic heterocycles. The summed E-state index contributed by atoms with van der Waals surface area (Å²) < 4.78 is 5.46. The Morgan fingerprint density at radius 3 is 2.61 bits per heavy atom. The number of urea groups is 1. The smallest absolute Gasteiger partial charge is 0.319 e. The first-order valence-corrected chi connectivity index (χ1v) is 9.16. The Hall–Kier alpha value is -3.06. The molecule has 7 heteroatoms. The third-order valence-electron chi connectivity index (χ3n) is 4.85. The summed E-state index contributed by atoms with van der Waals surface area (Å²) >= 11 is 0. The largest absolute Gasteiger partial charge is 0.481 e. The lowest BCUT2D eigenvalue weighted by atomic mass is 10.0. The molecule has 0 fully saturated rings. The Kier molecular flexibility index (Phi) is 5.84. The van der Waals surface area contributed by atoms with E-state index in [2.05, 4.69) is 46.7 Å². The van der Waals surface area contributed by atoms with Crippen molar-refractivity contribution in [2.24, 2.45) is 0 Å². The van der Waals surface area contributed by atoms with Gasteiger partial charge in [0.1, 0.15) is 5.75 Å². The van der Waals surface area contributed by atoms with Gasteiger partial charge in [0.15, 0.2) is 6.61 Å². The lowest BCUT2D eigenvalue weighted by molar-refractivity contribution is -0.120. The van der Waals surface area contributed by atoms with E-state index in [4.69, 9.17) is 4.74 Å². The number of fused-ring (bicyclic) bond motifs is 1. The van der Waals surface area contributed by atoms with E-state index >= 15 is 0 Å².